The number of aliphatic hydroxyl groups excluding tert-OH is 1. The minimum Gasteiger partial charge on any atom is -0.368 e. The van der Waals surface area contributed by atoms with E-state index in [1.54, 1.807) is 6.08 Å². The van der Waals surface area contributed by atoms with Crippen LogP contribution in [-0.2, 0) is 18.4 Å². The summed E-state index contributed by atoms with van der Waals surface area (Å²) < 4.78 is 19.4. The molecule has 6 nitrogen and oxygen atoms in total. The first-order chi connectivity index (χ1) is 6.78. The Balaban J connectivity index is 4.41. The highest BCUT2D eigenvalue weighted by atomic mass is 31.2. The maximum atomic E-state index is 11.1. The van der Waals surface area contributed by atoms with E-state index < -0.39 is 20.1 Å². The third-order valence-electron chi connectivity index (χ3n) is 1.32. The molecule has 0 aliphatic carbocycles. The number of phosphoric ester groups is 1. The summed E-state index contributed by atoms with van der Waals surface area (Å²) in [4.78, 5) is 20.1. The lowest BCUT2D eigenvalue weighted by atomic mass is 10.2. The lowest BCUT2D eigenvalue weighted by Crippen LogP contribution is -2.10. The minimum atomic E-state index is -4.52. The number of carbonyl (C=O) groups is 1. The van der Waals surface area contributed by atoms with E-state index in [0.29, 0.717) is 6.42 Å². The van der Waals surface area contributed by atoms with Gasteiger partial charge in [0.2, 0.25) is 0 Å². The fraction of sp³-hybridized carbons (Fsp3) is 0.625. The van der Waals surface area contributed by atoms with Crippen LogP contribution in [0.3, 0.4) is 0 Å². The average molecular weight is 238 g/mol. The van der Waals surface area contributed by atoms with Crippen molar-refractivity contribution in [2.75, 3.05) is 0 Å². The Morgan fingerprint density at radius 1 is 1.60 bits per heavy atom. The molecule has 2 N–H and O–H groups in total. The highest BCUT2D eigenvalue weighted by Crippen LogP contribution is 2.44. The predicted molar refractivity (Wildman–Crippen MR) is 52.7 cm³/mol. The smallest absolute Gasteiger partial charge is 0.368 e. The van der Waals surface area contributed by atoms with Gasteiger partial charge in [0.25, 0.3) is 0 Å². The molecule has 0 aliphatic rings. The summed E-state index contributed by atoms with van der Waals surface area (Å²) in [6.07, 6.45) is 0.669. The predicted octanol–water partition coefficient (Wildman–Crippen LogP) is 1.34. The molecule has 2 unspecified atom stereocenters. The Bertz CT molecular complexity index is 296. The molecule has 15 heavy (non-hydrogen) atoms. The molecule has 0 rings (SSSR count). The number of hydrogen-bond donors (Lipinski definition) is 2. The quantitative estimate of drug-likeness (QED) is 0.426. The average Bonchev–Trinajstić information content (AvgIpc) is 2.00. The number of carbonyl (C=O) groups excluding carboxylic acids is 1. The number of phosphoric acid groups is 1. The maximum Gasteiger partial charge on any atom is 0.532 e. The number of hydrogen-bond acceptors (Lipinski definition) is 5. The van der Waals surface area contributed by atoms with E-state index in [9.17, 15) is 9.36 Å². The van der Waals surface area contributed by atoms with E-state index in [1.807, 2.05) is 6.92 Å². The van der Waals surface area contributed by atoms with Gasteiger partial charge in [-0.15, -0.1) is 0 Å². The Kier molecular flexibility index (Phi) is 5.75. The van der Waals surface area contributed by atoms with Crippen molar-refractivity contribution >= 4 is 13.8 Å². The number of rotatable bonds is 5. The largest absolute Gasteiger partial charge is 0.532 e. The van der Waals surface area contributed by atoms with Crippen molar-refractivity contribution in [1.29, 1.82) is 0 Å². The van der Waals surface area contributed by atoms with Gasteiger partial charge < -0.3 is 9.63 Å². The SMILES string of the molecule is CC/C=C(\C)C(=O)OP(=O)(O)OC(C)O. The molecular weight excluding hydrogens is 223 g/mol. The summed E-state index contributed by atoms with van der Waals surface area (Å²) in [5.74, 6) is -0.941. The van der Waals surface area contributed by atoms with Gasteiger partial charge in [0.05, 0.1) is 0 Å². The van der Waals surface area contributed by atoms with E-state index in [4.69, 9.17) is 10.00 Å². The number of aliphatic hydroxyl groups is 1. The molecule has 0 spiro atoms. The van der Waals surface area contributed by atoms with Gasteiger partial charge in [0.1, 0.15) is 0 Å². The molecule has 88 valence electrons. The van der Waals surface area contributed by atoms with Crippen molar-refractivity contribution in [3.05, 3.63) is 11.6 Å². The van der Waals surface area contributed by atoms with E-state index >= 15 is 0 Å². The zero-order chi connectivity index (χ0) is 12.1. The molecular formula is C8H15O6P. The monoisotopic (exact) mass is 238 g/mol. The molecule has 0 saturated heterocycles. The first kappa shape index (κ1) is 14.3. The van der Waals surface area contributed by atoms with Crippen LogP contribution < -0.4 is 0 Å². The van der Waals surface area contributed by atoms with Crippen molar-refractivity contribution in [2.45, 2.75) is 33.5 Å². The van der Waals surface area contributed by atoms with Gasteiger partial charge in [0, 0.05) is 5.57 Å². The standard InChI is InChI=1S/C8H15O6P/c1-4-5-6(2)8(10)14-15(11,12)13-7(3)9/h5,7,9H,4H2,1-3H3,(H,11,12)/b6-5+. The van der Waals surface area contributed by atoms with Crippen molar-refractivity contribution < 1.29 is 28.4 Å². The summed E-state index contributed by atoms with van der Waals surface area (Å²) in [6.45, 7) is 4.39. The second kappa shape index (κ2) is 6.02. The molecule has 0 aliphatic heterocycles. The fourth-order valence-corrected chi connectivity index (χ4v) is 1.56. The van der Waals surface area contributed by atoms with Crippen molar-refractivity contribution in [1.82, 2.24) is 0 Å². The molecule has 0 aromatic rings. The fourth-order valence-electron chi connectivity index (χ4n) is 0.781. The van der Waals surface area contributed by atoms with Gasteiger partial charge in [-0.1, -0.05) is 13.0 Å². The molecule has 0 fully saturated rings. The highest BCUT2D eigenvalue weighted by Gasteiger charge is 2.28. The van der Waals surface area contributed by atoms with Crippen LogP contribution in [-0.4, -0.2) is 22.3 Å². The summed E-state index contributed by atoms with van der Waals surface area (Å²) in [7, 11) is -4.52. The van der Waals surface area contributed by atoms with E-state index in [-0.39, 0.29) is 5.57 Å². The van der Waals surface area contributed by atoms with Gasteiger partial charge in [0.15, 0.2) is 6.29 Å². The van der Waals surface area contributed by atoms with Gasteiger partial charge in [-0.2, -0.15) is 0 Å². The van der Waals surface area contributed by atoms with E-state index in [1.165, 1.54) is 6.92 Å². The van der Waals surface area contributed by atoms with Gasteiger partial charge >= 0.3 is 13.8 Å². The molecule has 7 heteroatoms. The third-order valence-corrected chi connectivity index (χ3v) is 2.28. The van der Waals surface area contributed by atoms with Crippen molar-refractivity contribution in [3.8, 4) is 0 Å². The second-order valence-corrected chi connectivity index (χ2v) is 4.18. The van der Waals surface area contributed by atoms with Gasteiger partial charge in [-0.05, 0) is 20.3 Å². The van der Waals surface area contributed by atoms with Crippen LogP contribution in [0.15, 0.2) is 11.6 Å². The molecule has 0 radical (unpaired) electrons. The normalized spacial score (nSPS) is 18.1. The number of allylic oxidation sites excluding steroid dienone is 1. The summed E-state index contributed by atoms with van der Waals surface area (Å²) in [5.41, 5.74) is 0.209. The molecule has 0 heterocycles. The first-order valence-electron chi connectivity index (χ1n) is 4.38. The molecule has 0 amide bonds. The Morgan fingerprint density at radius 2 is 2.13 bits per heavy atom. The van der Waals surface area contributed by atoms with E-state index in [0.717, 1.165) is 6.92 Å². The lowest BCUT2D eigenvalue weighted by molar-refractivity contribution is -0.133. The van der Waals surface area contributed by atoms with Crippen LogP contribution in [0, 0.1) is 0 Å². The second-order valence-electron chi connectivity index (χ2n) is 2.85. The van der Waals surface area contributed by atoms with Crippen LogP contribution in [0.25, 0.3) is 0 Å². The van der Waals surface area contributed by atoms with Crippen LogP contribution in [0.2, 0.25) is 0 Å². The lowest BCUT2D eigenvalue weighted by Gasteiger charge is -2.13. The van der Waals surface area contributed by atoms with Crippen LogP contribution >= 0.6 is 7.82 Å². The molecule has 0 aromatic carbocycles. The first-order valence-corrected chi connectivity index (χ1v) is 5.88. The molecule has 0 saturated carbocycles. The topological polar surface area (TPSA) is 93.1 Å². The molecule has 2 atom stereocenters. The highest BCUT2D eigenvalue weighted by molar-refractivity contribution is 7.48. The van der Waals surface area contributed by atoms with Crippen LogP contribution in [0.1, 0.15) is 27.2 Å². The van der Waals surface area contributed by atoms with Crippen molar-refractivity contribution in [2.24, 2.45) is 0 Å². The Morgan fingerprint density at radius 3 is 2.53 bits per heavy atom. The molecule has 0 bridgehead atoms. The van der Waals surface area contributed by atoms with Gasteiger partial charge in [-0.3, -0.25) is 4.89 Å². The maximum absolute atomic E-state index is 11.1. The Hall–Kier alpha value is -0.680. The van der Waals surface area contributed by atoms with Crippen LogP contribution in [0.5, 0.6) is 0 Å². The van der Waals surface area contributed by atoms with Gasteiger partial charge in [-0.25, -0.2) is 13.9 Å². The van der Waals surface area contributed by atoms with Crippen molar-refractivity contribution in [3.63, 3.8) is 0 Å². The third kappa shape index (κ3) is 6.41. The van der Waals surface area contributed by atoms with E-state index in [2.05, 4.69) is 9.05 Å². The summed E-state index contributed by atoms with van der Waals surface area (Å²) >= 11 is 0. The van der Waals surface area contributed by atoms with Crippen LogP contribution in [0.4, 0.5) is 0 Å². The molecule has 0 aromatic heterocycles. The zero-order valence-corrected chi connectivity index (χ0v) is 9.73. The summed E-state index contributed by atoms with van der Waals surface area (Å²) in [5, 5.41) is 8.68. The zero-order valence-electron chi connectivity index (χ0n) is 8.84. The Labute approximate surface area is 88.1 Å². The minimum absolute atomic E-state index is 0.209. The summed E-state index contributed by atoms with van der Waals surface area (Å²) in [6, 6.07) is 0.